The summed E-state index contributed by atoms with van der Waals surface area (Å²) in [5.74, 6) is 0.248. The number of hydrogen-bond acceptors (Lipinski definition) is 4. The van der Waals surface area contributed by atoms with Crippen molar-refractivity contribution in [3.8, 4) is 0 Å². The highest BCUT2D eigenvalue weighted by Gasteiger charge is 2.05. The first-order chi connectivity index (χ1) is 13.6. The Morgan fingerprint density at radius 3 is 1.96 bits per heavy atom. The first kappa shape index (κ1) is 20.1. The largest absolute Gasteiger partial charge is 0.350 e. The van der Waals surface area contributed by atoms with E-state index in [0.29, 0.717) is 10.7 Å². The van der Waals surface area contributed by atoms with E-state index in [1.807, 2.05) is 30.3 Å². The minimum Gasteiger partial charge on any atom is -0.350 e. The average Bonchev–Trinajstić information content (AvgIpc) is 3.17. The highest BCUT2D eigenvalue weighted by Crippen LogP contribution is 2.23. The van der Waals surface area contributed by atoms with Crippen molar-refractivity contribution in [3.63, 3.8) is 0 Å². The monoisotopic (exact) mass is 431 g/mol. The molecular formula is C20H16Cl3N5. The lowest BCUT2D eigenvalue weighted by atomic mass is 10.2. The first-order valence-corrected chi connectivity index (χ1v) is 9.47. The molecule has 0 unspecified atom stereocenters. The number of rotatable bonds is 4. The molecule has 0 saturated carbocycles. The van der Waals surface area contributed by atoms with E-state index in [0.717, 1.165) is 6.54 Å². The molecule has 2 aromatic carbocycles. The lowest BCUT2D eigenvalue weighted by Gasteiger charge is -2.06. The van der Waals surface area contributed by atoms with E-state index >= 15 is 0 Å². The fourth-order valence-electron chi connectivity index (χ4n) is 2.33. The summed E-state index contributed by atoms with van der Waals surface area (Å²) in [4.78, 5) is 11.4. The third kappa shape index (κ3) is 6.23. The summed E-state index contributed by atoms with van der Waals surface area (Å²) < 4.78 is 2.16. The number of nitrogens with zero attached hydrogens (tertiary/aromatic N) is 4. The molecule has 0 aliphatic rings. The molecule has 142 valence electrons. The van der Waals surface area contributed by atoms with Crippen LogP contribution in [0.1, 0.15) is 5.56 Å². The van der Waals surface area contributed by atoms with Crippen LogP contribution >= 0.6 is 34.8 Å². The Morgan fingerprint density at radius 2 is 1.32 bits per heavy atom. The summed E-state index contributed by atoms with van der Waals surface area (Å²) in [6.07, 6.45) is 4.15. The second-order valence-corrected chi connectivity index (χ2v) is 6.73. The van der Waals surface area contributed by atoms with Crippen molar-refractivity contribution < 1.29 is 0 Å². The zero-order valence-corrected chi connectivity index (χ0v) is 16.9. The van der Waals surface area contributed by atoms with Crippen LogP contribution in [0.5, 0.6) is 0 Å². The molecule has 4 rings (SSSR count). The topological polar surface area (TPSA) is 55.6 Å². The number of halogens is 3. The molecule has 0 spiro atoms. The Morgan fingerprint density at radius 1 is 0.714 bits per heavy atom. The fraction of sp³-hybridized carbons (Fsp3) is 0.0500. The maximum absolute atomic E-state index is 5.95. The molecular weight excluding hydrogens is 417 g/mol. The predicted molar refractivity (Wildman–Crippen MR) is 115 cm³/mol. The second-order valence-electron chi connectivity index (χ2n) is 5.64. The quantitative estimate of drug-likeness (QED) is 0.422. The smallest absolute Gasteiger partial charge is 0.232 e. The van der Waals surface area contributed by atoms with Crippen molar-refractivity contribution in [3.05, 3.63) is 100 Å². The van der Waals surface area contributed by atoms with Crippen LogP contribution in [0.15, 0.2) is 79.1 Å². The van der Waals surface area contributed by atoms with Gasteiger partial charge in [0.25, 0.3) is 0 Å². The molecule has 28 heavy (non-hydrogen) atoms. The lowest BCUT2D eigenvalue weighted by molar-refractivity contribution is 0.806. The molecule has 1 N–H and O–H groups in total. The number of anilines is 2. The fourth-order valence-corrected chi connectivity index (χ4v) is 2.88. The van der Waals surface area contributed by atoms with E-state index in [4.69, 9.17) is 34.8 Å². The molecule has 0 fully saturated rings. The first-order valence-electron chi connectivity index (χ1n) is 8.33. The summed E-state index contributed by atoms with van der Waals surface area (Å²) in [5, 5.41) is 3.49. The third-order valence-electron chi connectivity index (χ3n) is 3.58. The average molecular weight is 433 g/mol. The summed E-state index contributed by atoms with van der Waals surface area (Å²) in [5.41, 5.74) is 2.01. The van der Waals surface area contributed by atoms with E-state index in [2.05, 4.69) is 61.5 Å². The van der Waals surface area contributed by atoms with Crippen molar-refractivity contribution in [2.24, 2.45) is 0 Å². The van der Waals surface area contributed by atoms with E-state index < -0.39 is 0 Å². The number of benzene rings is 2. The van der Waals surface area contributed by atoms with Gasteiger partial charge >= 0.3 is 0 Å². The van der Waals surface area contributed by atoms with Gasteiger partial charge in [0.05, 0.1) is 10.7 Å². The summed E-state index contributed by atoms with van der Waals surface area (Å²) in [6, 6.07) is 21.7. The van der Waals surface area contributed by atoms with Gasteiger partial charge in [-0.1, -0.05) is 54.1 Å². The minimum atomic E-state index is 0.0227. The van der Waals surface area contributed by atoms with Gasteiger partial charge in [-0.2, -0.15) is 15.0 Å². The van der Waals surface area contributed by atoms with Crippen molar-refractivity contribution in [2.45, 2.75) is 6.54 Å². The van der Waals surface area contributed by atoms with Crippen molar-refractivity contribution >= 4 is 46.4 Å². The maximum atomic E-state index is 5.95. The van der Waals surface area contributed by atoms with E-state index in [1.54, 1.807) is 12.1 Å². The Kier molecular flexibility index (Phi) is 7.25. The molecule has 0 aliphatic heterocycles. The number of nitrogens with one attached hydrogen (secondary N) is 1. The van der Waals surface area contributed by atoms with Gasteiger partial charge in [0.1, 0.15) is 0 Å². The summed E-state index contributed by atoms with van der Waals surface area (Å²) in [6.45, 7) is 0.966. The molecule has 4 aromatic rings. The van der Waals surface area contributed by atoms with E-state index in [1.165, 1.54) is 5.56 Å². The standard InChI is InChI=1S/C11H11N.C9H5Cl3N4/c1-2-6-11(7-3-1)10-12-8-4-5-9-12;10-5-3-1-2-4-6(5)13-9-15-7(11)14-8(12)16-9/h1-9H,10H2;1-4H,(H,13,14,15,16). The molecule has 0 aliphatic carbocycles. The van der Waals surface area contributed by atoms with Crippen LogP contribution in [0.25, 0.3) is 0 Å². The van der Waals surface area contributed by atoms with Crippen molar-refractivity contribution in [2.75, 3.05) is 5.32 Å². The highest BCUT2D eigenvalue weighted by atomic mass is 35.5. The van der Waals surface area contributed by atoms with Gasteiger partial charge in [-0.05, 0) is 53.0 Å². The number of aromatic nitrogens is 4. The predicted octanol–water partition coefficient (Wildman–Crippen LogP) is 6.11. The molecule has 0 saturated heterocycles. The van der Waals surface area contributed by atoms with Crippen LogP contribution in [-0.4, -0.2) is 19.5 Å². The molecule has 0 radical (unpaired) electrons. The van der Waals surface area contributed by atoms with Crippen LogP contribution < -0.4 is 5.32 Å². The SMILES string of the molecule is Clc1nc(Cl)nc(Nc2ccccc2Cl)n1.c1ccc(Cn2cccc2)cc1. The van der Waals surface area contributed by atoms with E-state index in [-0.39, 0.29) is 16.5 Å². The molecule has 0 atom stereocenters. The van der Waals surface area contributed by atoms with Crippen LogP contribution in [0.2, 0.25) is 15.6 Å². The molecule has 5 nitrogen and oxygen atoms in total. The third-order valence-corrected chi connectivity index (χ3v) is 4.24. The van der Waals surface area contributed by atoms with Gasteiger partial charge in [-0.15, -0.1) is 0 Å². The zero-order valence-electron chi connectivity index (χ0n) is 14.6. The van der Waals surface area contributed by atoms with Crippen molar-refractivity contribution in [1.29, 1.82) is 0 Å². The molecule has 2 aromatic heterocycles. The highest BCUT2D eigenvalue weighted by molar-refractivity contribution is 6.33. The zero-order chi connectivity index (χ0) is 19.8. The minimum absolute atomic E-state index is 0.0227. The molecule has 8 heteroatoms. The molecule has 0 amide bonds. The Hall–Kier alpha value is -2.60. The maximum Gasteiger partial charge on any atom is 0.232 e. The van der Waals surface area contributed by atoms with Crippen LogP contribution in [0.3, 0.4) is 0 Å². The summed E-state index contributed by atoms with van der Waals surface area (Å²) in [7, 11) is 0. The molecule has 2 heterocycles. The van der Waals surface area contributed by atoms with Gasteiger partial charge in [-0.3, -0.25) is 0 Å². The van der Waals surface area contributed by atoms with Gasteiger partial charge < -0.3 is 9.88 Å². The van der Waals surface area contributed by atoms with E-state index in [9.17, 15) is 0 Å². The Labute approximate surface area is 178 Å². The number of para-hydroxylation sites is 1. The van der Waals surface area contributed by atoms with Gasteiger partial charge in [0.15, 0.2) is 0 Å². The van der Waals surface area contributed by atoms with Crippen molar-refractivity contribution in [1.82, 2.24) is 19.5 Å². The normalized spacial score (nSPS) is 10.1. The van der Waals surface area contributed by atoms with Crippen LogP contribution in [-0.2, 0) is 6.54 Å². The van der Waals surface area contributed by atoms with Gasteiger partial charge in [0, 0.05) is 18.9 Å². The van der Waals surface area contributed by atoms with Gasteiger partial charge in [-0.25, -0.2) is 0 Å². The Bertz CT molecular complexity index is 987. The lowest BCUT2D eigenvalue weighted by Crippen LogP contribution is -1.99. The second kappa shape index (κ2) is 10.1. The number of hydrogen-bond donors (Lipinski definition) is 1. The van der Waals surface area contributed by atoms with Crippen LogP contribution in [0.4, 0.5) is 11.6 Å². The van der Waals surface area contributed by atoms with Gasteiger partial charge in [0.2, 0.25) is 16.5 Å². The molecule has 0 bridgehead atoms. The summed E-state index contributed by atoms with van der Waals surface area (Å²) >= 11 is 17.2. The van der Waals surface area contributed by atoms with Crippen LogP contribution in [0, 0.1) is 0 Å². The Balaban J connectivity index is 0.000000167.